The third-order valence-electron chi connectivity index (χ3n) is 2.05. The summed E-state index contributed by atoms with van der Waals surface area (Å²) >= 11 is 0. The molecule has 3 heteroatoms. The molecule has 0 spiro atoms. The fourth-order valence-electron chi connectivity index (χ4n) is 1.13. The quantitative estimate of drug-likeness (QED) is 0.630. The number of amides is 1. The Morgan fingerprint density at radius 3 is 2.08 bits per heavy atom. The number of rotatable bonds is 5. The van der Waals surface area contributed by atoms with E-state index in [0.717, 1.165) is 12.8 Å². The van der Waals surface area contributed by atoms with E-state index in [2.05, 4.69) is 5.32 Å². The molecule has 1 amide bonds. The van der Waals surface area contributed by atoms with Gasteiger partial charge < -0.3 is 5.32 Å². The molecule has 0 aliphatic heterocycles. The van der Waals surface area contributed by atoms with Gasteiger partial charge in [0.15, 0.2) is 0 Å². The van der Waals surface area contributed by atoms with Crippen molar-refractivity contribution < 1.29 is 9.59 Å². The molecule has 0 aliphatic carbocycles. The Bertz CT molecular complexity index is 162. The lowest BCUT2D eigenvalue weighted by atomic mass is 9.96. The van der Waals surface area contributed by atoms with Crippen LogP contribution in [0.4, 0.5) is 0 Å². The molecular formula is C9H17NO2. The molecule has 0 aromatic carbocycles. The summed E-state index contributed by atoms with van der Waals surface area (Å²) in [4.78, 5) is 22.1. The van der Waals surface area contributed by atoms with E-state index >= 15 is 0 Å². The van der Waals surface area contributed by atoms with E-state index in [1.165, 1.54) is 0 Å². The molecule has 0 bridgehead atoms. The number of carbonyl (C=O) groups is 2. The summed E-state index contributed by atoms with van der Waals surface area (Å²) in [5.41, 5.74) is 0. The Hall–Kier alpha value is -0.860. The lowest BCUT2D eigenvalue weighted by Crippen LogP contribution is -2.24. The van der Waals surface area contributed by atoms with Crippen LogP contribution in [0.5, 0.6) is 0 Å². The van der Waals surface area contributed by atoms with Gasteiger partial charge in [0.25, 0.3) is 0 Å². The van der Waals surface area contributed by atoms with Crippen molar-refractivity contribution in [3.63, 3.8) is 0 Å². The maximum atomic E-state index is 11.3. The van der Waals surface area contributed by atoms with E-state index in [9.17, 15) is 9.59 Å². The topological polar surface area (TPSA) is 46.2 Å². The second-order valence-corrected chi connectivity index (χ2v) is 2.83. The lowest BCUT2D eigenvalue weighted by Gasteiger charge is -2.09. The molecule has 0 radical (unpaired) electrons. The Balaban J connectivity index is 3.92. The fraction of sp³-hybridized carbons (Fsp3) is 0.778. The number of hydrogen-bond acceptors (Lipinski definition) is 2. The zero-order valence-electron chi connectivity index (χ0n) is 8.02. The summed E-state index contributed by atoms with van der Waals surface area (Å²) in [7, 11) is 1.54. The van der Waals surface area contributed by atoms with Crippen molar-refractivity contribution in [1.29, 1.82) is 0 Å². The summed E-state index contributed by atoms with van der Waals surface area (Å²) in [6.45, 7) is 3.94. The van der Waals surface area contributed by atoms with Crippen molar-refractivity contribution in [2.45, 2.75) is 33.1 Å². The lowest BCUT2D eigenvalue weighted by molar-refractivity contribution is -0.130. The molecule has 0 saturated heterocycles. The van der Waals surface area contributed by atoms with Gasteiger partial charge in [-0.05, 0) is 12.8 Å². The van der Waals surface area contributed by atoms with Crippen molar-refractivity contribution in [3.05, 3.63) is 0 Å². The molecule has 0 saturated carbocycles. The summed E-state index contributed by atoms with van der Waals surface area (Å²) in [6.07, 6.45) is 1.68. The molecule has 0 aliphatic rings. The van der Waals surface area contributed by atoms with E-state index in [0.29, 0.717) is 0 Å². The minimum Gasteiger partial charge on any atom is -0.359 e. The van der Waals surface area contributed by atoms with E-state index in [1.54, 1.807) is 7.05 Å². The summed E-state index contributed by atoms with van der Waals surface area (Å²) in [6, 6.07) is 0. The van der Waals surface area contributed by atoms with Crippen molar-refractivity contribution >= 4 is 11.7 Å². The third kappa shape index (κ3) is 3.51. The SMILES string of the molecule is CCC(CC)C(=O)CC(=O)NC. The van der Waals surface area contributed by atoms with Crippen LogP contribution in [0.3, 0.4) is 0 Å². The van der Waals surface area contributed by atoms with Gasteiger partial charge in [-0.15, -0.1) is 0 Å². The van der Waals surface area contributed by atoms with Crippen LogP contribution in [0.25, 0.3) is 0 Å². The standard InChI is InChI=1S/C9H17NO2/c1-4-7(5-2)8(11)6-9(12)10-3/h7H,4-6H2,1-3H3,(H,10,12). The number of ketones is 1. The molecule has 0 fully saturated rings. The average molecular weight is 171 g/mol. The molecule has 0 aromatic rings. The Kier molecular flexibility index (Phi) is 5.34. The predicted molar refractivity (Wildman–Crippen MR) is 47.8 cm³/mol. The molecule has 0 atom stereocenters. The molecule has 0 aromatic heterocycles. The second kappa shape index (κ2) is 5.75. The van der Waals surface area contributed by atoms with Crippen LogP contribution in [0.2, 0.25) is 0 Å². The predicted octanol–water partition coefficient (Wildman–Crippen LogP) is 1.13. The summed E-state index contributed by atoms with van der Waals surface area (Å²) in [5.74, 6) is -0.0754. The van der Waals surface area contributed by atoms with Crippen LogP contribution in [0.15, 0.2) is 0 Å². The largest absolute Gasteiger partial charge is 0.359 e. The van der Waals surface area contributed by atoms with Crippen LogP contribution in [-0.4, -0.2) is 18.7 Å². The number of carbonyl (C=O) groups excluding carboxylic acids is 2. The zero-order valence-corrected chi connectivity index (χ0v) is 8.02. The van der Waals surface area contributed by atoms with E-state index < -0.39 is 0 Å². The average Bonchev–Trinajstić information content (AvgIpc) is 2.06. The smallest absolute Gasteiger partial charge is 0.227 e. The van der Waals surface area contributed by atoms with Crippen molar-refractivity contribution in [2.24, 2.45) is 5.92 Å². The van der Waals surface area contributed by atoms with E-state index in [1.807, 2.05) is 13.8 Å². The highest BCUT2D eigenvalue weighted by atomic mass is 16.2. The third-order valence-corrected chi connectivity index (χ3v) is 2.05. The first-order chi connectivity index (χ1) is 5.65. The minimum absolute atomic E-state index is 0.0306. The van der Waals surface area contributed by atoms with E-state index in [-0.39, 0.29) is 24.0 Å². The maximum Gasteiger partial charge on any atom is 0.227 e. The van der Waals surface area contributed by atoms with Gasteiger partial charge in [0, 0.05) is 13.0 Å². The summed E-state index contributed by atoms with van der Waals surface area (Å²) < 4.78 is 0. The zero-order chi connectivity index (χ0) is 9.56. The van der Waals surface area contributed by atoms with Gasteiger partial charge in [0.2, 0.25) is 5.91 Å². The molecule has 0 unspecified atom stereocenters. The van der Waals surface area contributed by atoms with Gasteiger partial charge in [-0.25, -0.2) is 0 Å². The van der Waals surface area contributed by atoms with Gasteiger partial charge in [-0.1, -0.05) is 13.8 Å². The molecular weight excluding hydrogens is 154 g/mol. The first-order valence-electron chi connectivity index (χ1n) is 4.38. The van der Waals surface area contributed by atoms with Crippen molar-refractivity contribution in [2.75, 3.05) is 7.05 Å². The molecule has 0 rings (SSSR count). The van der Waals surface area contributed by atoms with Crippen LogP contribution in [-0.2, 0) is 9.59 Å². The molecule has 3 nitrogen and oxygen atoms in total. The van der Waals surface area contributed by atoms with Crippen molar-refractivity contribution in [3.8, 4) is 0 Å². The molecule has 12 heavy (non-hydrogen) atoms. The molecule has 0 heterocycles. The van der Waals surface area contributed by atoms with Crippen molar-refractivity contribution in [1.82, 2.24) is 5.32 Å². The summed E-state index contributed by atoms with van der Waals surface area (Å²) in [5, 5.41) is 2.44. The minimum atomic E-state index is -0.188. The first-order valence-corrected chi connectivity index (χ1v) is 4.38. The highest BCUT2D eigenvalue weighted by Crippen LogP contribution is 2.10. The van der Waals surface area contributed by atoms with Gasteiger partial charge in [-0.3, -0.25) is 9.59 Å². The first kappa shape index (κ1) is 11.1. The van der Waals surface area contributed by atoms with Crippen LogP contribution in [0.1, 0.15) is 33.1 Å². The Morgan fingerprint density at radius 1 is 1.25 bits per heavy atom. The Labute approximate surface area is 73.5 Å². The number of Topliss-reactive ketones (excluding diaryl/α,β-unsaturated/α-hetero) is 1. The van der Waals surface area contributed by atoms with E-state index in [4.69, 9.17) is 0 Å². The van der Waals surface area contributed by atoms with Gasteiger partial charge >= 0.3 is 0 Å². The Morgan fingerprint density at radius 2 is 1.75 bits per heavy atom. The van der Waals surface area contributed by atoms with Crippen LogP contribution in [0, 0.1) is 5.92 Å². The normalized spacial score (nSPS) is 10.0. The fourth-order valence-corrected chi connectivity index (χ4v) is 1.13. The highest BCUT2D eigenvalue weighted by molar-refractivity contribution is 5.98. The molecule has 1 N–H and O–H groups in total. The highest BCUT2D eigenvalue weighted by Gasteiger charge is 2.16. The van der Waals surface area contributed by atoms with Gasteiger partial charge in [-0.2, -0.15) is 0 Å². The van der Waals surface area contributed by atoms with Crippen LogP contribution >= 0.6 is 0 Å². The molecule has 70 valence electrons. The maximum absolute atomic E-state index is 11.3. The van der Waals surface area contributed by atoms with Crippen LogP contribution < -0.4 is 5.32 Å². The second-order valence-electron chi connectivity index (χ2n) is 2.83. The van der Waals surface area contributed by atoms with Gasteiger partial charge in [0.1, 0.15) is 5.78 Å². The number of nitrogens with one attached hydrogen (secondary N) is 1. The number of hydrogen-bond donors (Lipinski definition) is 1. The van der Waals surface area contributed by atoms with Gasteiger partial charge in [0.05, 0.1) is 6.42 Å². The monoisotopic (exact) mass is 171 g/mol.